The average molecular weight is 352 g/mol. The molecule has 0 spiro atoms. The zero-order chi connectivity index (χ0) is 17.5. The van der Waals surface area contributed by atoms with Gasteiger partial charge in [-0.2, -0.15) is 5.26 Å². The largest absolute Gasteiger partial charge is 0.356 e. The monoisotopic (exact) mass is 352 g/mol. The van der Waals surface area contributed by atoms with Crippen LogP contribution in [0, 0.1) is 11.3 Å². The minimum Gasteiger partial charge on any atom is -0.356 e. The second kappa shape index (κ2) is 8.54. The molecule has 2 aromatic rings. The van der Waals surface area contributed by atoms with Crippen LogP contribution in [0.15, 0.2) is 47.5 Å². The first-order valence-corrected chi connectivity index (χ1v) is 9.38. The number of hydrogen-bond acceptors (Lipinski definition) is 5. The van der Waals surface area contributed by atoms with Gasteiger partial charge in [0.2, 0.25) is 0 Å². The third-order valence-corrected chi connectivity index (χ3v) is 5.12. The average Bonchev–Trinajstić information content (AvgIpc) is 3.18. The van der Waals surface area contributed by atoms with Gasteiger partial charge in [0.25, 0.3) is 5.91 Å². The van der Waals surface area contributed by atoms with E-state index in [-0.39, 0.29) is 5.91 Å². The van der Waals surface area contributed by atoms with Crippen LogP contribution in [0.25, 0.3) is 0 Å². The molecule has 1 aromatic carbocycles. The van der Waals surface area contributed by atoms with E-state index in [1.165, 1.54) is 0 Å². The van der Waals surface area contributed by atoms with E-state index in [9.17, 15) is 4.79 Å². The Labute approximate surface area is 152 Å². The van der Waals surface area contributed by atoms with Crippen LogP contribution < -0.4 is 10.2 Å². The van der Waals surface area contributed by atoms with Crippen molar-refractivity contribution in [1.29, 1.82) is 5.26 Å². The second-order valence-electron chi connectivity index (χ2n) is 5.78. The number of amides is 1. The summed E-state index contributed by atoms with van der Waals surface area (Å²) in [4.78, 5) is 20.4. The predicted octanol–water partition coefficient (Wildman–Crippen LogP) is 3.94. The minimum absolute atomic E-state index is 0.150. The molecule has 1 saturated heterocycles. The van der Waals surface area contributed by atoms with Crippen LogP contribution in [0.3, 0.4) is 0 Å². The third kappa shape index (κ3) is 4.31. The van der Waals surface area contributed by atoms with E-state index in [1.54, 1.807) is 24.0 Å². The molecule has 0 bridgehead atoms. The van der Waals surface area contributed by atoms with Crippen LogP contribution >= 0.6 is 11.8 Å². The van der Waals surface area contributed by atoms with Crippen LogP contribution in [0.1, 0.15) is 29.6 Å². The number of rotatable bonds is 6. The van der Waals surface area contributed by atoms with Gasteiger partial charge in [0.15, 0.2) is 0 Å². The Kier molecular flexibility index (Phi) is 5.91. The standard InChI is InChI=1S/C19H20N4OS/c20-10-6-14-25-17-9-2-1-8-16(17)22-19(24)15-7-5-11-21-18(15)23-12-3-4-13-23/h1-2,5,7-9,11H,3-4,6,12-14H2,(H,22,24). The van der Waals surface area contributed by atoms with Crippen molar-refractivity contribution < 1.29 is 4.79 Å². The molecule has 0 aliphatic carbocycles. The fourth-order valence-electron chi connectivity index (χ4n) is 2.85. The quantitative estimate of drug-likeness (QED) is 0.630. The van der Waals surface area contributed by atoms with Crippen molar-refractivity contribution in [2.75, 3.05) is 29.1 Å². The number of benzene rings is 1. The molecule has 1 aliphatic heterocycles. The van der Waals surface area contributed by atoms with Gasteiger partial charge in [-0.3, -0.25) is 4.79 Å². The first-order chi connectivity index (χ1) is 12.3. The Balaban J connectivity index is 1.78. The molecular formula is C19H20N4OS. The highest BCUT2D eigenvalue weighted by molar-refractivity contribution is 7.99. The van der Waals surface area contributed by atoms with Gasteiger partial charge in [0, 0.05) is 36.4 Å². The van der Waals surface area contributed by atoms with Gasteiger partial charge in [0.1, 0.15) is 5.82 Å². The van der Waals surface area contributed by atoms with E-state index >= 15 is 0 Å². The molecule has 5 nitrogen and oxygen atoms in total. The highest BCUT2D eigenvalue weighted by Gasteiger charge is 2.21. The van der Waals surface area contributed by atoms with Gasteiger partial charge in [-0.15, -0.1) is 11.8 Å². The van der Waals surface area contributed by atoms with E-state index in [4.69, 9.17) is 5.26 Å². The van der Waals surface area contributed by atoms with Gasteiger partial charge in [-0.05, 0) is 37.1 Å². The number of thioether (sulfide) groups is 1. The van der Waals surface area contributed by atoms with Crippen molar-refractivity contribution in [3.05, 3.63) is 48.2 Å². The first kappa shape index (κ1) is 17.3. The summed E-state index contributed by atoms with van der Waals surface area (Å²) in [6, 6.07) is 13.4. The number of hydrogen-bond donors (Lipinski definition) is 1. The lowest BCUT2D eigenvalue weighted by Gasteiger charge is -2.19. The molecule has 1 aromatic heterocycles. The molecule has 1 fully saturated rings. The zero-order valence-corrected chi connectivity index (χ0v) is 14.8. The number of nitriles is 1. The van der Waals surface area contributed by atoms with Crippen LogP contribution in [0.5, 0.6) is 0 Å². The fourth-order valence-corrected chi connectivity index (χ4v) is 3.71. The fraction of sp³-hybridized carbons (Fsp3) is 0.316. The van der Waals surface area contributed by atoms with Crippen molar-refractivity contribution in [2.45, 2.75) is 24.2 Å². The minimum atomic E-state index is -0.150. The molecule has 1 N–H and O–H groups in total. The lowest BCUT2D eigenvalue weighted by atomic mass is 10.2. The smallest absolute Gasteiger partial charge is 0.259 e. The van der Waals surface area contributed by atoms with Gasteiger partial charge in [-0.25, -0.2) is 4.98 Å². The van der Waals surface area contributed by atoms with Crippen LogP contribution in [0.2, 0.25) is 0 Å². The van der Waals surface area contributed by atoms with Gasteiger partial charge in [-0.1, -0.05) is 12.1 Å². The Morgan fingerprint density at radius 1 is 1.24 bits per heavy atom. The molecule has 0 unspecified atom stereocenters. The van der Waals surface area contributed by atoms with Crippen molar-refractivity contribution in [1.82, 2.24) is 4.98 Å². The second-order valence-corrected chi connectivity index (χ2v) is 6.91. The maximum absolute atomic E-state index is 12.8. The van der Waals surface area contributed by atoms with Gasteiger partial charge >= 0.3 is 0 Å². The van der Waals surface area contributed by atoms with E-state index in [1.807, 2.05) is 30.3 Å². The summed E-state index contributed by atoms with van der Waals surface area (Å²) in [6.45, 7) is 1.88. The number of carbonyl (C=O) groups is 1. The maximum atomic E-state index is 12.8. The highest BCUT2D eigenvalue weighted by atomic mass is 32.2. The Morgan fingerprint density at radius 3 is 2.84 bits per heavy atom. The molecule has 0 atom stereocenters. The van der Waals surface area contributed by atoms with Gasteiger partial charge < -0.3 is 10.2 Å². The third-order valence-electron chi connectivity index (χ3n) is 4.04. The zero-order valence-electron chi connectivity index (χ0n) is 13.9. The lowest BCUT2D eigenvalue weighted by Crippen LogP contribution is -2.24. The summed E-state index contributed by atoms with van der Waals surface area (Å²) in [6.07, 6.45) is 4.48. The molecule has 2 heterocycles. The number of carbonyl (C=O) groups excluding carboxylic acids is 1. The highest BCUT2D eigenvalue weighted by Crippen LogP contribution is 2.29. The number of aromatic nitrogens is 1. The van der Waals surface area contributed by atoms with Crippen LogP contribution in [-0.2, 0) is 0 Å². The van der Waals surface area contributed by atoms with Crippen molar-refractivity contribution >= 4 is 29.2 Å². The van der Waals surface area contributed by atoms with Crippen molar-refractivity contribution in [3.8, 4) is 6.07 Å². The Hall–Kier alpha value is -2.52. The SMILES string of the molecule is N#CCCSc1ccccc1NC(=O)c1cccnc1N1CCCC1. The van der Waals surface area contributed by atoms with E-state index < -0.39 is 0 Å². The summed E-state index contributed by atoms with van der Waals surface area (Å²) >= 11 is 1.58. The van der Waals surface area contributed by atoms with Gasteiger partial charge in [0.05, 0.1) is 17.3 Å². The molecule has 0 radical (unpaired) electrons. The number of pyridine rings is 1. The summed E-state index contributed by atoms with van der Waals surface area (Å²) in [5.74, 6) is 1.31. The van der Waals surface area contributed by atoms with E-state index in [2.05, 4.69) is 21.3 Å². The Morgan fingerprint density at radius 2 is 2.04 bits per heavy atom. The molecule has 128 valence electrons. The normalized spacial score (nSPS) is 13.5. The molecule has 1 aliphatic rings. The molecule has 0 saturated carbocycles. The van der Waals surface area contributed by atoms with Crippen LogP contribution in [-0.4, -0.2) is 29.7 Å². The molecular weight excluding hydrogens is 332 g/mol. The predicted molar refractivity (Wildman–Crippen MR) is 101 cm³/mol. The van der Waals surface area contributed by atoms with Crippen molar-refractivity contribution in [2.24, 2.45) is 0 Å². The maximum Gasteiger partial charge on any atom is 0.259 e. The first-order valence-electron chi connectivity index (χ1n) is 8.39. The Bertz CT molecular complexity index is 781. The lowest BCUT2D eigenvalue weighted by molar-refractivity contribution is 0.102. The summed E-state index contributed by atoms with van der Waals surface area (Å²) in [7, 11) is 0. The molecule has 6 heteroatoms. The molecule has 3 rings (SSSR count). The van der Waals surface area contributed by atoms with E-state index in [0.717, 1.165) is 42.3 Å². The number of nitrogens with one attached hydrogen (secondary N) is 1. The number of nitrogens with zero attached hydrogens (tertiary/aromatic N) is 3. The number of anilines is 2. The summed E-state index contributed by atoms with van der Waals surface area (Å²) in [5, 5.41) is 11.7. The molecule has 1 amide bonds. The van der Waals surface area contributed by atoms with Crippen LogP contribution in [0.4, 0.5) is 11.5 Å². The number of para-hydroxylation sites is 1. The summed E-state index contributed by atoms with van der Waals surface area (Å²) < 4.78 is 0. The topological polar surface area (TPSA) is 69.0 Å². The summed E-state index contributed by atoms with van der Waals surface area (Å²) in [5.41, 5.74) is 1.37. The molecule has 25 heavy (non-hydrogen) atoms. The van der Waals surface area contributed by atoms with Crippen molar-refractivity contribution in [3.63, 3.8) is 0 Å². The van der Waals surface area contributed by atoms with E-state index in [0.29, 0.717) is 17.7 Å².